The van der Waals surface area contributed by atoms with Gasteiger partial charge in [-0.1, -0.05) is 0 Å². The van der Waals surface area contributed by atoms with Crippen molar-refractivity contribution in [3.8, 4) is 0 Å². The molecule has 0 bridgehead atoms. The van der Waals surface area contributed by atoms with Crippen LogP contribution >= 0.6 is 0 Å². The van der Waals surface area contributed by atoms with E-state index in [0.29, 0.717) is 30.6 Å². The lowest BCUT2D eigenvalue weighted by molar-refractivity contribution is -0.144. The van der Waals surface area contributed by atoms with Gasteiger partial charge in [-0.05, 0) is 49.9 Å². The van der Waals surface area contributed by atoms with Crippen LogP contribution in [0.25, 0.3) is 0 Å². The molecular weight excluding hydrogens is 292 g/mol. The third kappa shape index (κ3) is 2.75. The molecule has 1 saturated heterocycles. The first kappa shape index (κ1) is 15.8. The number of carbonyl (C=O) groups is 1. The van der Waals surface area contributed by atoms with Crippen molar-refractivity contribution >= 4 is 21.7 Å². The van der Waals surface area contributed by atoms with Gasteiger partial charge in [-0.25, -0.2) is 8.42 Å². The van der Waals surface area contributed by atoms with E-state index in [4.69, 9.17) is 10.5 Å². The van der Waals surface area contributed by atoms with E-state index in [1.54, 1.807) is 13.0 Å². The smallest absolute Gasteiger partial charge is 0.324 e. The molecule has 1 unspecified atom stereocenters. The van der Waals surface area contributed by atoms with Gasteiger partial charge in [0, 0.05) is 12.2 Å². The van der Waals surface area contributed by atoms with Crippen LogP contribution in [0.4, 0.5) is 5.69 Å². The van der Waals surface area contributed by atoms with Crippen LogP contribution in [0.5, 0.6) is 0 Å². The third-order valence-corrected chi connectivity index (χ3v) is 5.94. The Kier molecular flexibility index (Phi) is 4.25. The quantitative estimate of drug-likeness (QED) is 0.669. The number of benzene rings is 1. The van der Waals surface area contributed by atoms with Crippen molar-refractivity contribution < 1.29 is 17.9 Å². The van der Waals surface area contributed by atoms with Crippen molar-refractivity contribution in [1.29, 1.82) is 0 Å². The standard InChI is InChI=1S/C14H20N2O4S/c1-9-7-11(15)8-13(10(9)2)21(18,19)16-6-4-5-12(16)14(17)20-3/h7-8,12H,4-6,15H2,1-3H3. The summed E-state index contributed by atoms with van der Waals surface area (Å²) >= 11 is 0. The Bertz CT molecular complexity index is 670. The molecule has 1 aromatic rings. The van der Waals surface area contributed by atoms with E-state index >= 15 is 0 Å². The Balaban J connectivity index is 2.50. The fourth-order valence-electron chi connectivity index (χ4n) is 2.65. The van der Waals surface area contributed by atoms with Crippen LogP contribution in [0.1, 0.15) is 24.0 Å². The van der Waals surface area contributed by atoms with Crippen molar-refractivity contribution in [3.63, 3.8) is 0 Å². The number of nitrogens with two attached hydrogens (primary N) is 1. The summed E-state index contributed by atoms with van der Waals surface area (Å²) in [6.07, 6.45) is 1.12. The van der Waals surface area contributed by atoms with Crippen molar-refractivity contribution in [2.75, 3.05) is 19.4 Å². The van der Waals surface area contributed by atoms with Crippen LogP contribution in [0.2, 0.25) is 0 Å². The number of anilines is 1. The summed E-state index contributed by atoms with van der Waals surface area (Å²) in [5.41, 5.74) is 7.62. The molecule has 7 heteroatoms. The van der Waals surface area contributed by atoms with Crippen molar-refractivity contribution in [3.05, 3.63) is 23.3 Å². The first-order chi connectivity index (χ1) is 9.78. The number of ether oxygens (including phenoxy) is 1. The molecule has 6 nitrogen and oxygen atoms in total. The number of nitrogen functional groups attached to an aromatic ring is 1. The lowest BCUT2D eigenvalue weighted by atomic mass is 10.1. The van der Waals surface area contributed by atoms with Gasteiger partial charge in [-0.2, -0.15) is 4.31 Å². The zero-order valence-corrected chi connectivity index (χ0v) is 13.2. The molecule has 1 aliphatic heterocycles. The molecule has 1 fully saturated rings. The average molecular weight is 312 g/mol. The second-order valence-electron chi connectivity index (χ2n) is 5.26. The first-order valence-electron chi connectivity index (χ1n) is 6.75. The van der Waals surface area contributed by atoms with Crippen LogP contribution in [-0.2, 0) is 19.6 Å². The van der Waals surface area contributed by atoms with Crippen molar-refractivity contribution in [2.45, 2.75) is 37.6 Å². The molecule has 1 heterocycles. The van der Waals surface area contributed by atoms with Gasteiger partial charge in [0.15, 0.2) is 0 Å². The number of hydrogen-bond donors (Lipinski definition) is 1. The van der Waals surface area contributed by atoms with E-state index in [1.165, 1.54) is 17.5 Å². The highest BCUT2D eigenvalue weighted by molar-refractivity contribution is 7.89. The van der Waals surface area contributed by atoms with E-state index in [-0.39, 0.29) is 4.90 Å². The van der Waals surface area contributed by atoms with Crippen LogP contribution in [-0.4, -0.2) is 38.4 Å². The summed E-state index contributed by atoms with van der Waals surface area (Å²) in [6, 6.07) is 2.43. The maximum atomic E-state index is 12.9. The van der Waals surface area contributed by atoms with Crippen LogP contribution in [0.15, 0.2) is 17.0 Å². The van der Waals surface area contributed by atoms with Gasteiger partial charge in [0.1, 0.15) is 6.04 Å². The maximum Gasteiger partial charge on any atom is 0.324 e. The van der Waals surface area contributed by atoms with E-state index < -0.39 is 22.0 Å². The predicted molar refractivity (Wildman–Crippen MR) is 79.3 cm³/mol. The van der Waals surface area contributed by atoms with E-state index in [0.717, 1.165) is 5.56 Å². The van der Waals surface area contributed by atoms with Crippen molar-refractivity contribution in [2.24, 2.45) is 0 Å². The molecule has 2 rings (SSSR count). The lowest BCUT2D eigenvalue weighted by Gasteiger charge is -2.23. The zero-order chi connectivity index (χ0) is 15.8. The fourth-order valence-corrected chi connectivity index (χ4v) is 4.63. The van der Waals surface area contributed by atoms with Crippen LogP contribution in [0, 0.1) is 13.8 Å². The molecule has 0 saturated carbocycles. The summed E-state index contributed by atoms with van der Waals surface area (Å²) in [7, 11) is -2.50. The van der Waals surface area contributed by atoms with E-state index in [2.05, 4.69) is 0 Å². The highest BCUT2D eigenvalue weighted by atomic mass is 32.2. The minimum Gasteiger partial charge on any atom is -0.468 e. The third-order valence-electron chi connectivity index (χ3n) is 3.91. The largest absolute Gasteiger partial charge is 0.468 e. The highest BCUT2D eigenvalue weighted by Gasteiger charge is 2.40. The van der Waals surface area contributed by atoms with E-state index in [9.17, 15) is 13.2 Å². The number of esters is 1. The number of aryl methyl sites for hydroxylation is 1. The van der Waals surface area contributed by atoms with Crippen LogP contribution in [0.3, 0.4) is 0 Å². The second kappa shape index (κ2) is 5.65. The highest BCUT2D eigenvalue weighted by Crippen LogP contribution is 2.30. The Morgan fingerprint density at radius 2 is 2.05 bits per heavy atom. The lowest BCUT2D eigenvalue weighted by Crippen LogP contribution is -2.41. The van der Waals surface area contributed by atoms with Gasteiger partial charge in [-0.15, -0.1) is 0 Å². The molecule has 0 radical (unpaired) electrons. The minimum absolute atomic E-state index is 0.163. The Morgan fingerprint density at radius 3 is 2.67 bits per heavy atom. The van der Waals surface area contributed by atoms with Gasteiger partial charge in [0.25, 0.3) is 0 Å². The molecule has 0 aromatic heterocycles. The van der Waals surface area contributed by atoms with Gasteiger partial charge >= 0.3 is 5.97 Å². The summed E-state index contributed by atoms with van der Waals surface area (Å²) in [5.74, 6) is -0.519. The summed E-state index contributed by atoms with van der Waals surface area (Å²) in [4.78, 5) is 11.9. The molecule has 0 spiro atoms. The van der Waals surface area contributed by atoms with Gasteiger partial charge in [-0.3, -0.25) is 4.79 Å². The molecule has 0 amide bonds. The summed E-state index contributed by atoms with van der Waals surface area (Å²) < 4.78 is 31.6. The number of sulfonamides is 1. The molecule has 1 aromatic carbocycles. The number of nitrogens with zero attached hydrogens (tertiary/aromatic N) is 1. The van der Waals surface area contributed by atoms with Gasteiger partial charge in [0.2, 0.25) is 10.0 Å². The van der Waals surface area contributed by atoms with Crippen LogP contribution < -0.4 is 5.73 Å². The summed E-state index contributed by atoms with van der Waals surface area (Å²) in [6.45, 7) is 3.87. The first-order valence-corrected chi connectivity index (χ1v) is 8.19. The zero-order valence-electron chi connectivity index (χ0n) is 12.4. The minimum atomic E-state index is -3.77. The van der Waals surface area contributed by atoms with Gasteiger partial charge in [0.05, 0.1) is 12.0 Å². The van der Waals surface area contributed by atoms with Gasteiger partial charge < -0.3 is 10.5 Å². The Morgan fingerprint density at radius 1 is 1.38 bits per heavy atom. The SMILES string of the molecule is COC(=O)C1CCCN1S(=O)(=O)c1cc(N)cc(C)c1C. The predicted octanol–water partition coefficient (Wildman–Crippen LogP) is 1.21. The number of hydrogen-bond acceptors (Lipinski definition) is 5. The number of carbonyl (C=O) groups excluding carboxylic acids is 1. The molecule has 1 aliphatic rings. The Hall–Kier alpha value is -1.60. The topological polar surface area (TPSA) is 89.7 Å². The molecule has 1 atom stereocenters. The van der Waals surface area contributed by atoms with Crippen molar-refractivity contribution in [1.82, 2.24) is 4.31 Å². The molecule has 0 aliphatic carbocycles. The Labute approximate surface area is 124 Å². The van der Waals surface area contributed by atoms with E-state index in [1.807, 2.05) is 6.92 Å². The molecule has 2 N–H and O–H groups in total. The normalized spacial score (nSPS) is 19.7. The second-order valence-corrected chi connectivity index (χ2v) is 7.12. The average Bonchev–Trinajstić information content (AvgIpc) is 2.91. The maximum absolute atomic E-state index is 12.9. The molecule has 21 heavy (non-hydrogen) atoms. The number of methoxy groups -OCH3 is 1. The number of rotatable bonds is 3. The monoisotopic (exact) mass is 312 g/mol. The molecule has 116 valence electrons. The molecular formula is C14H20N2O4S. The fraction of sp³-hybridized carbons (Fsp3) is 0.500. The summed E-state index contributed by atoms with van der Waals surface area (Å²) in [5, 5.41) is 0.